The molecule has 0 amide bonds. The Morgan fingerprint density at radius 2 is 1.80 bits per heavy atom. The molecule has 4 nitrogen and oxygen atoms in total. The minimum absolute atomic E-state index is 0.217. The van der Waals surface area contributed by atoms with E-state index in [0.717, 1.165) is 0 Å². The van der Waals surface area contributed by atoms with Gasteiger partial charge in [0.1, 0.15) is 6.61 Å². The van der Waals surface area contributed by atoms with Gasteiger partial charge in [-0.25, -0.2) is 4.79 Å². The maximum absolute atomic E-state index is 10.9. The van der Waals surface area contributed by atoms with Crippen molar-refractivity contribution < 1.29 is 19.0 Å². The van der Waals surface area contributed by atoms with Crippen LogP contribution in [0.2, 0.25) is 0 Å². The van der Waals surface area contributed by atoms with Crippen LogP contribution in [0.25, 0.3) is 0 Å². The zero-order valence-corrected chi connectivity index (χ0v) is 9.75. The largest absolute Gasteiger partial charge is 0.460 e. The third kappa shape index (κ3) is 9.43. The molecule has 4 heteroatoms. The van der Waals surface area contributed by atoms with Crippen molar-refractivity contribution in [3.8, 4) is 0 Å². The summed E-state index contributed by atoms with van der Waals surface area (Å²) < 4.78 is 15.3. The van der Waals surface area contributed by atoms with Gasteiger partial charge in [-0.2, -0.15) is 0 Å². The maximum atomic E-state index is 10.9. The summed E-state index contributed by atoms with van der Waals surface area (Å²) in [5.41, 5.74) is 0.401. The van der Waals surface area contributed by atoms with Crippen LogP contribution in [0.3, 0.4) is 0 Å². The Balaban J connectivity index is 3.18. The van der Waals surface area contributed by atoms with E-state index in [0.29, 0.717) is 25.4 Å². The molecule has 0 saturated heterocycles. The van der Waals surface area contributed by atoms with Crippen LogP contribution in [0.1, 0.15) is 20.8 Å². The van der Waals surface area contributed by atoms with Crippen molar-refractivity contribution in [1.82, 2.24) is 0 Å². The van der Waals surface area contributed by atoms with E-state index in [1.165, 1.54) is 0 Å². The fraction of sp³-hybridized carbons (Fsp3) is 0.727. The lowest BCUT2D eigenvalue weighted by Crippen LogP contribution is -2.14. The first-order valence-electron chi connectivity index (χ1n) is 5.06. The van der Waals surface area contributed by atoms with Crippen LogP contribution >= 0.6 is 0 Å². The SMILES string of the molecule is C=C(C)C(=O)OCCOCCOC(C)C. The van der Waals surface area contributed by atoms with E-state index in [4.69, 9.17) is 14.2 Å². The topological polar surface area (TPSA) is 44.8 Å². The summed E-state index contributed by atoms with van der Waals surface area (Å²) in [6, 6.07) is 0. The van der Waals surface area contributed by atoms with Crippen LogP contribution in [0, 0.1) is 0 Å². The highest BCUT2D eigenvalue weighted by molar-refractivity contribution is 5.86. The molecule has 0 heterocycles. The van der Waals surface area contributed by atoms with Crippen LogP contribution in [-0.4, -0.2) is 38.5 Å². The van der Waals surface area contributed by atoms with E-state index < -0.39 is 0 Å². The number of carbonyl (C=O) groups excluding carboxylic acids is 1. The Morgan fingerprint density at radius 1 is 1.20 bits per heavy atom. The first-order valence-corrected chi connectivity index (χ1v) is 5.06. The lowest BCUT2D eigenvalue weighted by Gasteiger charge is -2.08. The van der Waals surface area contributed by atoms with Gasteiger partial charge in [-0.1, -0.05) is 6.58 Å². The van der Waals surface area contributed by atoms with Crippen molar-refractivity contribution in [2.75, 3.05) is 26.4 Å². The summed E-state index contributed by atoms with van der Waals surface area (Å²) in [7, 11) is 0. The van der Waals surface area contributed by atoms with Crippen molar-refractivity contribution in [2.24, 2.45) is 0 Å². The Bertz CT molecular complexity index is 199. The molecule has 0 saturated carbocycles. The Hall–Kier alpha value is -0.870. The van der Waals surface area contributed by atoms with Gasteiger partial charge in [-0.15, -0.1) is 0 Å². The molecule has 0 bridgehead atoms. The lowest BCUT2D eigenvalue weighted by atomic mass is 10.4. The summed E-state index contributed by atoms with van der Waals surface area (Å²) in [4.78, 5) is 10.9. The van der Waals surface area contributed by atoms with E-state index in [-0.39, 0.29) is 18.7 Å². The number of hydrogen-bond donors (Lipinski definition) is 0. The third-order valence-electron chi connectivity index (χ3n) is 1.49. The van der Waals surface area contributed by atoms with Crippen LogP contribution in [0.4, 0.5) is 0 Å². The molecule has 0 aromatic carbocycles. The molecule has 0 spiro atoms. The van der Waals surface area contributed by atoms with E-state index in [1.54, 1.807) is 6.92 Å². The molecule has 88 valence electrons. The highest BCUT2D eigenvalue weighted by Gasteiger charge is 2.01. The molecular weight excluding hydrogens is 196 g/mol. The average Bonchev–Trinajstić information content (AvgIpc) is 2.15. The van der Waals surface area contributed by atoms with E-state index >= 15 is 0 Å². The van der Waals surface area contributed by atoms with Crippen molar-refractivity contribution in [3.63, 3.8) is 0 Å². The molecule has 0 radical (unpaired) electrons. The lowest BCUT2D eigenvalue weighted by molar-refractivity contribution is -0.140. The number of hydrogen-bond acceptors (Lipinski definition) is 4. The minimum Gasteiger partial charge on any atom is -0.460 e. The quantitative estimate of drug-likeness (QED) is 0.351. The Morgan fingerprint density at radius 3 is 2.33 bits per heavy atom. The first-order chi connectivity index (χ1) is 7.04. The molecule has 0 unspecified atom stereocenters. The number of esters is 1. The molecule has 0 aliphatic heterocycles. The second-order valence-electron chi connectivity index (χ2n) is 3.45. The van der Waals surface area contributed by atoms with Gasteiger partial charge in [0.25, 0.3) is 0 Å². The highest BCUT2D eigenvalue weighted by atomic mass is 16.6. The van der Waals surface area contributed by atoms with Crippen LogP contribution in [-0.2, 0) is 19.0 Å². The van der Waals surface area contributed by atoms with Crippen LogP contribution in [0.15, 0.2) is 12.2 Å². The fourth-order valence-corrected chi connectivity index (χ4v) is 0.761. The molecule has 0 aliphatic carbocycles. The predicted molar refractivity (Wildman–Crippen MR) is 57.7 cm³/mol. The minimum atomic E-state index is -0.378. The molecule has 0 rings (SSSR count). The summed E-state index contributed by atoms with van der Waals surface area (Å²) >= 11 is 0. The van der Waals surface area contributed by atoms with Gasteiger partial charge in [0.15, 0.2) is 0 Å². The van der Waals surface area contributed by atoms with Crippen molar-refractivity contribution in [3.05, 3.63) is 12.2 Å². The van der Waals surface area contributed by atoms with Crippen molar-refractivity contribution >= 4 is 5.97 Å². The zero-order chi connectivity index (χ0) is 11.7. The monoisotopic (exact) mass is 216 g/mol. The van der Waals surface area contributed by atoms with Gasteiger partial charge in [0.2, 0.25) is 0 Å². The van der Waals surface area contributed by atoms with Gasteiger partial charge >= 0.3 is 5.97 Å². The van der Waals surface area contributed by atoms with Crippen molar-refractivity contribution in [1.29, 1.82) is 0 Å². The van der Waals surface area contributed by atoms with Gasteiger partial charge in [-0.3, -0.25) is 0 Å². The molecule has 0 fully saturated rings. The molecule has 0 aromatic heterocycles. The second-order valence-corrected chi connectivity index (χ2v) is 3.45. The van der Waals surface area contributed by atoms with E-state index in [9.17, 15) is 4.79 Å². The normalized spacial score (nSPS) is 10.4. The summed E-state index contributed by atoms with van der Waals surface area (Å²) in [6.45, 7) is 10.7. The zero-order valence-electron chi connectivity index (χ0n) is 9.75. The number of carbonyl (C=O) groups is 1. The summed E-state index contributed by atoms with van der Waals surface area (Å²) in [5.74, 6) is -0.378. The van der Waals surface area contributed by atoms with Gasteiger partial charge in [0.05, 0.1) is 25.9 Å². The Kier molecular flexibility index (Phi) is 7.95. The van der Waals surface area contributed by atoms with Crippen molar-refractivity contribution in [2.45, 2.75) is 26.9 Å². The standard InChI is InChI=1S/C11H20O4/c1-9(2)11(12)15-8-6-13-5-7-14-10(3)4/h10H,1,5-8H2,2-4H3. The number of ether oxygens (including phenoxy) is 3. The molecule has 0 aromatic rings. The first kappa shape index (κ1) is 14.1. The van der Waals surface area contributed by atoms with Gasteiger partial charge in [-0.05, 0) is 20.8 Å². The molecule has 0 aliphatic rings. The summed E-state index contributed by atoms with van der Waals surface area (Å²) in [5, 5.41) is 0. The van der Waals surface area contributed by atoms with E-state index in [1.807, 2.05) is 13.8 Å². The third-order valence-corrected chi connectivity index (χ3v) is 1.49. The summed E-state index contributed by atoms with van der Waals surface area (Å²) in [6.07, 6.45) is 0.217. The average molecular weight is 216 g/mol. The number of rotatable bonds is 8. The maximum Gasteiger partial charge on any atom is 0.333 e. The molecule has 0 atom stereocenters. The molecule has 15 heavy (non-hydrogen) atoms. The smallest absolute Gasteiger partial charge is 0.333 e. The van der Waals surface area contributed by atoms with Gasteiger partial charge in [0, 0.05) is 5.57 Å². The highest BCUT2D eigenvalue weighted by Crippen LogP contribution is 1.92. The molecular formula is C11H20O4. The van der Waals surface area contributed by atoms with E-state index in [2.05, 4.69) is 6.58 Å². The van der Waals surface area contributed by atoms with Crippen LogP contribution in [0.5, 0.6) is 0 Å². The fourth-order valence-electron chi connectivity index (χ4n) is 0.761. The molecule has 0 N–H and O–H groups in total. The Labute approximate surface area is 91.2 Å². The van der Waals surface area contributed by atoms with Crippen LogP contribution < -0.4 is 0 Å². The second kappa shape index (κ2) is 8.44. The van der Waals surface area contributed by atoms with Gasteiger partial charge < -0.3 is 14.2 Å². The predicted octanol–water partition coefficient (Wildman–Crippen LogP) is 1.55.